The first kappa shape index (κ1) is 12.5. The summed E-state index contributed by atoms with van der Waals surface area (Å²) in [5, 5.41) is 13.1. The summed E-state index contributed by atoms with van der Waals surface area (Å²) in [6.45, 7) is 0.515. The molecule has 1 aliphatic carbocycles. The molecule has 94 valence electrons. The molecule has 0 spiro atoms. The van der Waals surface area contributed by atoms with Crippen molar-refractivity contribution in [2.75, 3.05) is 6.54 Å². The molecule has 2 rings (SSSR count). The molecule has 4 N–H and O–H groups in total. The molecule has 0 heterocycles. The molecule has 2 atom stereocenters. The predicted octanol–water partition coefficient (Wildman–Crippen LogP) is 0.808. The largest absolute Gasteiger partial charge is 0.390 e. The van der Waals surface area contributed by atoms with Crippen molar-refractivity contribution >= 4 is 0 Å². The van der Waals surface area contributed by atoms with Crippen LogP contribution < -0.4 is 11.1 Å². The summed E-state index contributed by atoms with van der Waals surface area (Å²) in [5.74, 6) is -0.264. The van der Waals surface area contributed by atoms with Gasteiger partial charge in [-0.2, -0.15) is 0 Å². The van der Waals surface area contributed by atoms with E-state index in [0.29, 0.717) is 19.0 Å². The van der Waals surface area contributed by atoms with Crippen molar-refractivity contribution in [3.63, 3.8) is 0 Å². The van der Waals surface area contributed by atoms with E-state index < -0.39 is 6.10 Å². The van der Waals surface area contributed by atoms with Crippen molar-refractivity contribution in [2.45, 2.75) is 37.5 Å². The molecule has 1 saturated carbocycles. The first-order valence-corrected chi connectivity index (χ1v) is 6.06. The molecular weight excluding hydrogens is 219 g/mol. The first-order chi connectivity index (χ1) is 8.15. The van der Waals surface area contributed by atoms with Crippen LogP contribution in [0.4, 0.5) is 4.39 Å². The molecule has 0 aromatic heterocycles. The highest BCUT2D eigenvalue weighted by molar-refractivity contribution is 5.17. The Labute approximate surface area is 101 Å². The van der Waals surface area contributed by atoms with Gasteiger partial charge in [0.1, 0.15) is 5.82 Å². The standard InChI is InChI=1S/C13H19FN2O/c14-10-3-1-2-9(6-10)7-12(15)13(17)8-16-11-4-5-11/h1-3,6,11-13,16-17H,4-5,7-8,15H2. The summed E-state index contributed by atoms with van der Waals surface area (Å²) in [4.78, 5) is 0. The van der Waals surface area contributed by atoms with Gasteiger partial charge in [-0.3, -0.25) is 0 Å². The van der Waals surface area contributed by atoms with Crippen molar-refractivity contribution < 1.29 is 9.50 Å². The zero-order chi connectivity index (χ0) is 12.3. The van der Waals surface area contributed by atoms with Crippen molar-refractivity contribution in [1.29, 1.82) is 0 Å². The van der Waals surface area contributed by atoms with E-state index in [1.165, 1.54) is 25.0 Å². The first-order valence-electron chi connectivity index (χ1n) is 6.06. The number of halogens is 1. The van der Waals surface area contributed by atoms with E-state index in [1.807, 2.05) is 6.07 Å². The second-order valence-corrected chi connectivity index (χ2v) is 4.75. The Morgan fingerprint density at radius 3 is 2.88 bits per heavy atom. The molecule has 1 aromatic rings. The fraction of sp³-hybridized carbons (Fsp3) is 0.538. The van der Waals surface area contributed by atoms with Gasteiger partial charge in [0, 0.05) is 18.6 Å². The van der Waals surface area contributed by atoms with Crippen LogP contribution in [0.2, 0.25) is 0 Å². The van der Waals surface area contributed by atoms with Gasteiger partial charge in [-0.25, -0.2) is 4.39 Å². The Morgan fingerprint density at radius 1 is 1.47 bits per heavy atom. The summed E-state index contributed by atoms with van der Waals surface area (Å²) in [6.07, 6.45) is 2.28. The van der Waals surface area contributed by atoms with Crippen molar-refractivity contribution in [3.8, 4) is 0 Å². The SMILES string of the molecule is NC(Cc1cccc(F)c1)C(O)CNC1CC1. The number of benzene rings is 1. The topological polar surface area (TPSA) is 58.3 Å². The van der Waals surface area contributed by atoms with E-state index in [4.69, 9.17) is 5.73 Å². The van der Waals surface area contributed by atoms with Crippen LogP contribution in [0.3, 0.4) is 0 Å². The lowest BCUT2D eigenvalue weighted by atomic mass is 10.0. The lowest BCUT2D eigenvalue weighted by Gasteiger charge is -2.19. The van der Waals surface area contributed by atoms with Gasteiger partial charge in [0.25, 0.3) is 0 Å². The van der Waals surface area contributed by atoms with E-state index in [-0.39, 0.29) is 11.9 Å². The minimum Gasteiger partial charge on any atom is -0.390 e. The zero-order valence-corrected chi connectivity index (χ0v) is 9.77. The Hall–Kier alpha value is -0.970. The Bertz CT molecular complexity index is 368. The van der Waals surface area contributed by atoms with Crippen LogP contribution in [0.5, 0.6) is 0 Å². The van der Waals surface area contributed by atoms with Gasteiger partial charge in [0.2, 0.25) is 0 Å². The van der Waals surface area contributed by atoms with Crippen LogP contribution in [0.25, 0.3) is 0 Å². The van der Waals surface area contributed by atoms with Crippen LogP contribution in [-0.2, 0) is 6.42 Å². The molecule has 17 heavy (non-hydrogen) atoms. The normalized spacial score (nSPS) is 19.0. The van der Waals surface area contributed by atoms with Crippen molar-refractivity contribution in [1.82, 2.24) is 5.32 Å². The average Bonchev–Trinajstić information content (AvgIpc) is 3.09. The molecule has 1 aromatic carbocycles. The zero-order valence-electron chi connectivity index (χ0n) is 9.77. The van der Waals surface area contributed by atoms with Crippen LogP contribution in [0, 0.1) is 5.82 Å². The molecule has 3 nitrogen and oxygen atoms in total. The van der Waals surface area contributed by atoms with E-state index in [9.17, 15) is 9.50 Å². The number of hydrogen-bond acceptors (Lipinski definition) is 3. The minimum absolute atomic E-state index is 0.264. The monoisotopic (exact) mass is 238 g/mol. The number of nitrogens with two attached hydrogens (primary N) is 1. The summed E-state index contributed by atoms with van der Waals surface area (Å²) < 4.78 is 13.0. The Balaban J connectivity index is 1.80. The average molecular weight is 238 g/mol. The Kier molecular flexibility index (Phi) is 4.10. The van der Waals surface area contributed by atoms with Crippen molar-refractivity contribution in [2.24, 2.45) is 5.73 Å². The minimum atomic E-state index is -0.584. The predicted molar refractivity (Wildman–Crippen MR) is 65.1 cm³/mol. The van der Waals surface area contributed by atoms with E-state index >= 15 is 0 Å². The van der Waals surface area contributed by atoms with Crippen LogP contribution in [0.15, 0.2) is 24.3 Å². The smallest absolute Gasteiger partial charge is 0.123 e. The molecule has 1 fully saturated rings. The fourth-order valence-corrected chi connectivity index (χ4v) is 1.80. The molecule has 0 saturated heterocycles. The van der Waals surface area contributed by atoms with Crippen LogP contribution in [-0.4, -0.2) is 29.8 Å². The van der Waals surface area contributed by atoms with Gasteiger partial charge in [0.05, 0.1) is 6.10 Å². The Morgan fingerprint density at radius 2 is 2.24 bits per heavy atom. The summed E-state index contributed by atoms with van der Waals surface area (Å²) in [5.41, 5.74) is 6.72. The number of aliphatic hydroxyl groups is 1. The number of aliphatic hydroxyl groups excluding tert-OH is 1. The molecule has 2 unspecified atom stereocenters. The fourth-order valence-electron chi connectivity index (χ4n) is 1.80. The second-order valence-electron chi connectivity index (χ2n) is 4.75. The van der Waals surface area contributed by atoms with Gasteiger partial charge in [0.15, 0.2) is 0 Å². The van der Waals surface area contributed by atoms with Gasteiger partial charge in [-0.1, -0.05) is 12.1 Å². The molecule has 4 heteroatoms. The van der Waals surface area contributed by atoms with Gasteiger partial charge < -0.3 is 16.2 Å². The number of rotatable bonds is 6. The second kappa shape index (κ2) is 5.58. The van der Waals surface area contributed by atoms with E-state index in [0.717, 1.165) is 5.56 Å². The molecule has 0 amide bonds. The molecular formula is C13H19FN2O. The maximum absolute atomic E-state index is 13.0. The third kappa shape index (κ3) is 4.07. The maximum Gasteiger partial charge on any atom is 0.123 e. The molecule has 0 bridgehead atoms. The summed E-state index contributed by atoms with van der Waals surface area (Å²) in [7, 11) is 0. The molecule has 0 radical (unpaired) electrons. The highest BCUT2D eigenvalue weighted by Gasteiger charge is 2.23. The number of hydrogen-bond donors (Lipinski definition) is 3. The van der Waals surface area contributed by atoms with Crippen LogP contribution >= 0.6 is 0 Å². The van der Waals surface area contributed by atoms with Crippen molar-refractivity contribution in [3.05, 3.63) is 35.6 Å². The highest BCUT2D eigenvalue weighted by atomic mass is 19.1. The molecule has 1 aliphatic rings. The molecule has 0 aliphatic heterocycles. The quantitative estimate of drug-likeness (QED) is 0.687. The lowest BCUT2D eigenvalue weighted by molar-refractivity contribution is 0.141. The van der Waals surface area contributed by atoms with E-state index in [1.54, 1.807) is 6.07 Å². The lowest BCUT2D eigenvalue weighted by Crippen LogP contribution is -2.43. The highest BCUT2D eigenvalue weighted by Crippen LogP contribution is 2.18. The third-order valence-corrected chi connectivity index (χ3v) is 3.05. The number of nitrogens with one attached hydrogen (secondary N) is 1. The maximum atomic E-state index is 13.0. The van der Waals surface area contributed by atoms with Crippen LogP contribution in [0.1, 0.15) is 18.4 Å². The summed E-state index contributed by atoms with van der Waals surface area (Å²) in [6, 6.07) is 6.55. The summed E-state index contributed by atoms with van der Waals surface area (Å²) >= 11 is 0. The van der Waals surface area contributed by atoms with Gasteiger partial charge >= 0.3 is 0 Å². The van der Waals surface area contributed by atoms with Gasteiger partial charge in [-0.15, -0.1) is 0 Å². The van der Waals surface area contributed by atoms with E-state index in [2.05, 4.69) is 5.32 Å². The van der Waals surface area contributed by atoms with Gasteiger partial charge in [-0.05, 0) is 37.0 Å². The third-order valence-electron chi connectivity index (χ3n) is 3.05.